The first-order chi connectivity index (χ1) is 14.6. The Kier molecular flexibility index (Phi) is 5.81. The van der Waals surface area contributed by atoms with E-state index in [1.54, 1.807) is 29.6 Å². The second-order valence-corrected chi connectivity index (χ2v) is 7.60. The van der Waals surface area contributed by atoms with Gasteiger partial charge in [0.15, 0.2) is 5.82 Å². The van der Waals surface area contributed by atoms with E-state index in [-0.39, 0.29) is 12.1 Å². The molecular formula is C22H23ClN6O. The Labute approximate surface area is 180 Å². The van der Waals surface area contributed by atoms with E-state index in [1.165, 1.54) is 0 Å². The molecule has 154 valence electrons. The van der Waals surface area contributed by atoms with Gasteiger partial charge in [-0.2, -0.15) is 0 Å². The zero-order valence-electron chi connectivity index (χ0n) is 16.9. The van der Waals surface area contributed by atoms with Gasteiger partial charge in [0.25, 0.3) is 0 Å². The number of anilines is 3. The highest BCUT2D eigenvalue weighted by Gasteiger charge is 2.31. The number of pyridine rings is 3. The average molecular weight is 423 g/mol. The summed E-state index contributed by atoms with van der Waals surface area (Å²) in [4.78, 5) is 30.5. The second-order valence-electron chi connectivity index (χ2n) is 7.16. The predicted octanol–water partition coefficient (Wildman–Crippen LogP) is 4.85. The average Bonchev–Trinajstić information content (AvgIpc) is 2.89. The van der Waals surface area contributed by atoms with Gasteiger partial charge < -0.3 is 4.90 Å². The van der Waals surface area contributed by atoms with Crippen LogP contribution in [0.2, 0.25) is 5.02 Å². The molecule has 0 aromatic carbocycles. The Balaban J connectivity index is 1.78. The Morgan fingerprint density at radius 1 is 1.27 bits per heavy atom. The van der Waals surface area contributed by atoms with Gasteiger partial charge >= 0.3 is 6.03 Å². The third kappa shape index (κ3) is 4.07. The number of hydrogen-bond donors (Lipinski definition) is 1. The fraction of sp³-hybridized carbons (Fsp3) is 0.273. The maximum atomic E-state index is 13.3. The van der Waals surface area contributed by atoms with Crippen LogP contribution in [0.5, 0.6) is 0 Å². The molecular weight excluding hydrogens is 400 g/mol. The molecule has 1 atom stereocenters. The summed E-state index contributed by atoms with van der Waals surface area (Å²) in [6.45, 7) is 5.82. The number of nitrogens with zero attached hydrogens (tertiary/aromatic N) is 5. The lowest BCUT2D eigenvalue weighted by molar-refractivity contribution is 0.255. The van der Waals surface area contributed by atoms with Gasteiger partial charge in [-0.3, -0.25) is 15.2 Å². The van der Waals surface area contributed by atoms with Crippen molar-refractivity contribution >= 4 is 35.0 Å². The van der Waals surface area contributed by atoms with Crippen LogP contribution < -0.4 is 15.1 Å². The van der Waals surface area contributed by atoms with Crippen molar-refractivity contribution in [3.63, 3.8) is 0 Å². The van der Waals surface area contributed by atoms with E-state index in [0.29, 0.717) is 22.4 Å². The molecule has 1 aliphatic heterocycles. The minimum absolute atomic E-state index is 0.0377. The number of urea groups is 1. The first kappa shape index (κ1) is 20.1. The zero-order chi connectivity index (χ0) is 21.1. The minimum atomic E-state index is -0.255. The summed E-state index contributed by atoms with van der Waals surface area (Å²) in [5, 5.41) is 3.44. The molecule has 0 saturated heterocycles. The van der Waals surface area contributed by atoms with Crippen LogP contribution in [0.15, 0.2) is 55.0 Å². The molecule has 8 heteroatoms. The largest absolute Gasteiger partial charge is 0.369 e. The Hall–Kier alpha value is -3.19. The summed E-state index contributed by atoms with van der Waals surface area (Å²) >= 11 is 6.12. The highest BCUT2D eigenvalue weighted by Crippen LogP contribution is 2.35. The van der Waals surface area contributed by atoms with Crippen LogP contribution in [0.3, 0.4) is 0 Å². The second kappa shape index (κ2) is 8.67. The van der Waals surface area contributed by atoms with Crippen LogP contribution in [0.1, 0.15) is 20.3 Å². The monoisotopic (exact) mass is 422 g/mol. The number of aromatic nitrogens is 3. The number of nitrogens with one attached hydrogen (secondary N) is 1. The molecule has 0 fully saturated rings. The van der Waals surface area contributed by atoms with Crippen molar-refractivity contribution in [2.24, 2.45) is 0 Å². The van der Waals surface area contributed by atoms with Gasteiger partial charge in [-0.15, -0.1) is 0 Å². The lowest BCUT2D eigenvalue weighted by atomic mass is 10.1. The third-order valence-electron chi connectivity index (χ3n) is 5.18. The summed E-state index contributed by atoms with van der Waals surface area (Å²) in [6.07, 6.45) is 5.78. The van der Waals surface area contributed by atoms with E-state index in [2.05, 4.69) is 27.1 Å². The first-order valence-electron chi connectivity index (χ1n) is 9.95. The number of hydrogen-bond acceptors (Lipinski definition) is 5. The van der Waals surface area contributed by atoms with Crippen molar-refractivity contribution in [1.82, 2.24) is 15.0 Å². The summed E-state index contributed by atoms with van der Waals surface area (Å²) < 4.78 is 0. The van der Waals surface area contributed by atoms with Gasteiger partial charge in [-0.25, -0.2) is 14.8 Å². The molecule has 1 aliphatic rings. The van der Waals surface area contributed by atoms with E-state index >= 15 is 0 Å². The van der Waals surface area contributed by atoms with Crippen LogP contribution in [0.4, 0.5) is 22.1 Å². The molecule has 0 unspecified atom stereocenters. The lowest BCUT2D eigenvalue weighted by Gasteiger charge is -2.28. The van der Waals surface area contributed by atoms with Crippen molar-refractivity contribution in [3.8, 4) is 11.3 Å². The molecule has 1 N–H and O–H groups in total. The lowest BCUT2D eigenvalue weighted by Crippen LogP contribution is -2.42. The summed E-state index contributed by atoms with van der Waals surface area (Å²) in [7, 11) is 0. The number of halogens is 1. The molecule has 0 spiro atoms. The van der Waals surface area contributed by atoms with Crippen molar-refractivity contribution in [3.05, 3.63) is 60.0 Å². The number of rotatable bonds is 3. The van der Waals surface area contributed by atoms with Crippen LogP contribution in [0.25, 0.3) is 11.3 Å². The normalized spacial score (nSPS) is 16.0. The molecule has 0 saturated carbocycles. The van der Waals surface area contributed by atoms with Crippen LogP contribution in [-0.2, 0) is 0 Å². The quantitative estimate of drug-likeness (QED) is 0.653. The number of fused-ring (bicyclic) bond motifs is 1. The summed E-state index contributed by atoms with van der Waals surface area (Å²) in [5.74, 6) is 1.12. The van der Waals surface area contributed by atoms with Gasteiger partial charge in [0.2, 0.25) is 0 Å². The van der Waals surface area contributed by atoms with E-state index in [9.17, 15) is 4.79 Å². The molecule has 0 bridgehead atoms. The number of carbonyl (C=O) groups is 1. The molecule has 0 radical (unpaired) electrons. The maximum Gasteiger partial charge on any atom is 0.328 e. The van der Waals surface area contributed by atoms with Crippen molar-refractivity contribution < 1.29 is 4.79 Å². The fourth-order valence-electron chi connectivity index (χ4n) is 3.61. The summed E-state index contributed by atoms with van der Waals surface area (Å²) in [6, 6.07) is 10.9. The Morgan fingerprint density at radius 2 is 2.13 bits per heavy atom. The van der Waals surface area contributed by atoms with E-state index in [4.69, 9.17) is 16.6 Å². The molecule has 30 heavy (non-hydrogen) atoms. The van der Waals surface area contributed by atoms with Crippen LogP contribution >= 0.6 is 11.6 Å². The van der Waals surface area contributed by atoms with Gasteiger partial charge in [0.05, 0.1) is 16.4 Å². The maximum absolute atomic E-state index is 13.3. The Bertz CT molecular complexity index is 1040. The number of carbonyl (C=O) groups excluding carboxylic acids is 1. The van der Waals surface area contributed by atoms with E-state index < -0.39 is 0 Å². The van der Waals surface area contributed by atoms with E-state index in [0.717, 1.165) is 30.8 Å². The van der Waals surface area contributed by atoms with E-state index in [1.807, 2.05) is 37.3 Å². The van der Waals surface area contributed by atoms with Crippen LogP contribution in [-0.4, -0.2) is 40.1 Å². The standard InChI is InChI=1S/C22H23ClN6O/c1-3-28-11-9-15(2)29(22(30)27-20-6-4-5-10-25-20)21-19(28)8-7-18(26-21)16-12-17(23)14-24-13-16/h4-8,10,12-15H,3,9,11H2,1-2H3,(H,25,27,30)/t15-/m1/s1. The Morgan fingerprint density at radius 3 is 2.87 bits per heavy atom. The smallest absolute Gasteiger partial charge is 0.328 e. The molecule has 7 nitrogen and oxygen atoms in total. The zero-order valence-corrected chi connectivity index (χ0v) is 17.7. The molecule has 4 rings (SSSR count). The van der Waals surface area contributed by atoms with Crippen molar-refractivity contribution in [2.45, 2.75) is 26.3 Å². The molecule has 0 aliphatic carbocycles. The molecule has 3 aromatic heterocycles. The molecule has 3 aromatic rings. The molecule has 2 amide bonds. The predicted molar refractivity (Wildman–Crippen MR) is 120 cm³/mol. The fourth-order valence-corrected chi connectivity index (χ4v) is 3.78. The summed E-state index contributed by atoms with van der Waals surface area (Å²) in [5.41, 5.74) is 2.44. The van der Waals surface area contributed by atoms with Crippen LogP contribution in [0, 0.1) is 0 Å². The number of amides is 2. The van der Waals surface area contributed by atoms with Gasteiger partial charge in [0.1, 0.15) is 5.82 Å². The molecule has 4 heterocycles. The minimum Gasteiger partial charge on any atom is -0.369 e. The highest BCUT2D eigenvalue weighted by molar-refractivity contribution is 6.30. The van der Waals surface area contributed by atoms with Crippen molar-refractivity contribution in [2.75, 3.05) is 28.2 Å². The third-order valence-corrected chi connectivity index (χ3v) is 5.39. The first-order valence-corrected chi connectivity index (χ1v) is 10.3. The van der Waals surface area contributed by atoms with Crippen molar-refractivity contribution in [1.29, 1.82) is 0 Å². The van der Waals surface area contributed by atoms with Gasteiger partial charge in [-0.1, -0.05) is 17.7 Å². The van der Waals surface area contributed by atoms with Gasteiger partial charge in [0, 0.05) is 43.3 Å². The van der Waals surface area contributed by atoms with Gasteiger partial charge in [-0.05, 0) is 50.6 Å². The highest BCUT2D eigenvalue weighted by atomic mass is 35.5. The topological polar surface area (TPSA) is 74.2 Å². The SMILES string of the molecule is CCN1CC[C@@H](C)N(C(=O)Nc2ccccn2)c2nc(-c3cncc(Cl)c3)ccc21.